The van der Waals surface area contributed by atoms with Crippen LogP contribution in [0.5, 0.6) is 0 Å². The molecule has 1 aliphatic carbocycles. The maximum absolute atomic E-state index is 9.57. The molecule has 5 rings (SSSR count). The molecule has 0 saturated carbocycles. The molecule has 158 valence electrons. The first-order valence-electron chi connectivity index (χ1n) is 11.3. The van der Waals surface area contributed by atoms with Crippen molar-refractivity contribution in [2.75, 3.05) is 13.3 Å². The van der Waals surface area contributed by atoms with Gasteiger partial charge in [-0.3, -0.25) is 0 Å². The van der Waals surface area contributed by atoms with Gasteiger partial charge in [-0.05, 0) is 48.3 Å². The SMILES string of the molecule is OCCC1CCC2=C(C1)N(C(c1ccccc1)(c1ccccc1)c1ccccc1)CN2. The fourth-order valence-electron chi connectivity index (χ4n) is 5.48. The predicted molar refractivity (Wildman–Crippen MR) is 125 cm³/mol. The molecule has 31 heavy (non-hydrogen) atoms. The maximum atomic E-state index is 9.57. The lowest BCUT2D eigenvalue weighted by Gasteiger charge is -2.46. The van der Waals surface area contributed by atoms with Crippen molar-refractivity contribution >= 4 is 0 Å². The Balaban J connectivity index is 1.74. The van der Waals surface area contributed by atoms with Gasteiger partial charge in [0, 0.05) is 18.0 Å². The highest BCUT2D eigenvalue weighted by Gasteiger charge is 2.46. The van der Waals surface area contributed by atoms with Crippen LogP contribution in [0, 0.1) is 5.92 Å². The smallest absolute Gasteiger partial charge is 0.118 e. The first-order valence-corrected chi connectivity index (χ1v) is 11.3. The minimum Gasteiger partial charge on any atom is -0.396 e. The summed E-state index contributed by atoms with van der Waals surface area (Å²) in [6.07, 6.45) is 4.09. The summed E-state index contributed by atoms with van der Waals surface area (Å²) in [6, 6.07) is 32.7. The number of nitrogens with zero attached hydrogens (tertiary/aromatic N) is 1. The van der Waals surface area contributed by atoms with Crippen molar-refractivity contribution < 1.29 is 5.11 Å². The van der Waals surface area contributed by atoms with Crippen LogP contribution in [0.2, 0.25) is 0 Å². The van der Waals surface area contributed by atoms with E-state index in [0.29, 0.717) is 5.92 Å². The van der Waals surface area contributed by atoms with Crippen molar-refractivity contribution in [1.82, 2.24) is 10.2 Å². The van der Waals surface area contributed by atoms with Crippen molar-refractivity contribution in [1.29, 1.82) is 0 Å². The monoisotopic (exact) mass is 410 g/mol. The first kappa shape index (κ1) is 19.9. The van der Waals surface area contributed by atoms with E-state index in [2.05, 4.69) is 101 Å². The zero-order chi connectivity index (χ0) is 21.1. The zero-order valence-electron chi connectivity index (χ0n) is 17.9. The summed E-state index contributed by atoms with van der Waals surface area (Å²) in [5.41, 5.74) is 6.17. The molecule has 2 aliphatic rings. The Morgan fingerprint density at radius 2 is 1.32 bits per heavy atom. The Morgan fingerprint density at radius 3 is 1.81 bits per heavy atom. The van der Waals surface area contributed by atoms with E-state index in [0.717, 1.165) is 32.4 Å². The standard InChI is InChI=1S/C28H30N2O/c31-19-18-22-16-17-26-27(20-22)30(21-29-26)28(23-10-4-1-5-11-23,24-12-6-2-7-13-24)25-14-8-3-9-15-25/h1-15,22,29,31H,16-21H2. The lowest BCUT2D eigenvalue weighted by Crippen LogP contribution is -2.48. The molecule has 0 amide bonds. The molecular weight excluding hydrogens is 380 g/mol. The molecule has 3 nitrogen and oxygen atoms in total. The molecule has 0 aromatic heterocycles. The summed E-state index contributed by atoms with van der Waals surface area (Å²) in [6.45, 7) is 1.05. The maximum Gasteiger partial charge on any atom is 0.118 e. The number of allylic oxidation sites excluding steroid dienone is 2. The van der Waals surface area contributed by atoms with Crippen LogP contribution in [0.4, 0.5) is 0 Å². The molecule has 0 spiro atoms. The van der Waals surface area contributed by atoms with Crippen LogP contribution in [0.25, 0.3) is 0 Å². The van der Waals surface area contributed by atoms with Gasteiger partial charge >= 0.3 is 0 Å². The number of aliphatic hydroxyl groups is 1. The summed E-state index contributed by atoms with van der Waals surface area (Å²) < 4.78 is 0. The van der Waals surface area contributed by atoms with E-state index in [1.807, 2.05) is 0 Å². The van der Waals surface area contributed by atoms with Gasteiger partial charge in [-0.1, -0.05) is 91.0 Å². The molecule has 3 aromatic carbocycles. The highest BCUT2D eigenvalue weighted by Crippen LogP contribution is 2.48. The third kappa shape index (κ3) is 3.43. The van der Waals surface area contributed by atoms with Gasteiger partial charge in [-0.2, -0.15) is 0 Å². The predicted octanol–water partition coefficient (Wildman–Crippen LogP) is 5.24. The van der Waals surface area contributed by atoms with Gasteiger partial charge in [0.05, 0.1) is 6.67 Å². The minimum atomic E-state index is -0.422. The molecule has 0 saturated heterocycles. The van der Waals surface area contributed by atoms with Crippen molar-refractivity contribution in [3.05, 3.63) is 119 Å². The Bertz CT molecular complexity index is 934. The van der Waals surface area contributed by atoms with E-state index in [1.54, 1.807) is 0 Å². The highest BCUT2D eigenvalue weighted by atomic mass is 16.3. The molecule has 1 atom stereocenters. The van der Waals surface area contributed by atoms with Crippen LogP contribution in [0.3, 0.4) is 0 Å². The second-order valence-corrected chi connectivity index (χ2v) is 8.62. The Kier molecular flexibility index (Phi) is 5.52. The molecule has 2 N–H and O–H groups in total. The first-order chi connectivity index (χ1) is 15.3. The van der Waals surface area contributed by atoms with Gasteiger partial charge in [0.1, 0.15) is 5.54 Å². The van der Waals surface area contributed by atoms with Crippen LogP contribution in [0.15, 0.2) is 102 Å². The molecule has 1 aliphatic heterocycles. The lowest BCUT2D eigenvalue weighted by molar-refractivity contribution is 0.195. The number of hydrogen-bond acceptors (Lipinski definition) is 3. The molecule has 1 heterocycles. The molecule has 3 aromatic rings. The Morgan fingerprint density at radius 1 is 0.806 bits per heavy atom. The van der Waals surface area contributed by atoms with Crippen molar-refractivity contribution in [2.45, 2.75) is 31.2 Å². The van der Waals surface area contributed by atoms with Crippen molar-refractivity contribution in [3.63, 3.8) is 0 Å². The zero-order valence-corrected chi connectivity index (χ0v) is 17.9. The van der Waals surface area contributed by atoms with Crippen LogP contribution in [-0.2, 0) is 5.54 Å². The summed E-state index contributed by atoms with van der Waals surface area (Å²) in [5.74, 6) is 0.533. The van der Waals surface area contributed by atoms with Gasteiger partial charge in [0.2, 0.25) is 0 Å². The number of hydrogen-bond donors (Lipinski definition) is 2. The lowest BCUT2D eigenvalue weighted by atomic mass is 9.74. The van der Waals surface area contributed by atoms with Gasteiger partial charge < -0.3 is 15.3 Å². The third-order valence-electron chi connectivity index (χ3n) is 6.93. The van der Waals surface area contributed by atoms with E-state index in [4.69, 9.17) is 0 Å². The number of aliphatic hydroxyl groups excluding tert-OH is 1. The average Bonchev–Trinajstić information content (AvgIpc) is 3.26. The molecule has 0 radical (unpaired) electrons. The molecule has 0 fully saturated rings. The topological polar surface area (TPSA) is 35.5 Å². The summed E-state index contributed by atoms with van der Waals surface area (Å²) in [4.78, 5) is 2.59. The van der Waals surface area contributed by atoms with Crippen LogP contribution in [-0.4, -0.2) is 23.3 Å². The largest absolute Gasteiger partial charge is 0.396 e. The van der Waals surface area contributed by atoms with E-state index in [1.165, 1.54) is 28.1 Å². The van der Waals surface area contributed by atoms with Gasteiger partial charge in [0.25, 0.3) is 0 Å². The van der Waals surface area contributed by atoms with Crippen LogP contribution < -0.4 is 5.32 Å². The Labute approximate surface area is 185 Å². The van der Waals surface area contributed by atoms with Gasteiger partial charge in [-0.25, -0.2) is 0 Å². The average molecular weight is 411 g/mol. The van der Waals surface area contributed by atoms with E-state index < -0.39 is 5.54 Å². The van der Waals surface area contributed by atoms with Crippen molar-refractivity contribution in [3.8, 4) is 0 Å². The van der Waals surface area contributed by atoms with Crippen LogP contribution in [0.1, 0.15) is 42.4 Å². The molecule has 3 heteroatoms. The molecular formula is C28H30N2O. The fraction of sp³-hybridized carbons (Fsp3) is 0.286. The van der Waals surface area contributed by atoms with E-state index >= 15 is 0 Å². The summed E-state index contributed by atoms with van der Waals surface area (Å²) >= 11 is 0. The summed E-state index contributed by atoms with van der Waals surface area (Å²) in [7, 11) is 0. The van der Waals surface area contributed by atoms with Crippen molar-refractivity contribution in [2.24, 2.45) is 5.92 Å². The quantitative estimate of drug-likeness (QED) is 0.546. The molecule has 0 bridgehead atoms. The van der Waals surface area contributed by atoms with E-state index in [-0.39, 0.29) is 6.61 Å². The Hall–Kier alpha value is -3.04. The number of nitrogens with one attached hydrogen (secondary N) is 1. The minimum absolute atomic E-state index is 0.266. The number of rotatable bonds is 6. The fourth-order valence-corrected chi connectivity index (χ4v) is 5.48. The third-order valence-corrected chi connectivity index (χ3v) is 6.93. The van der Waals surface area contributed by atoms with Gasteiger partial charge in [0.15, 0.2) is 0 Å². The second kappa shape index (κ2) is 8.60. The van der Waals surface area contributed by atoms with E-state index in [9.17, 15) is 5.11 Å². The normalized spacial score (nSPS) is 18.6. The van der Waals surface area contributed by atoms with Gasteiger partial charge in [-0.15, -0.1) is 0 Å². The highest BCUT2D eigenvalue weighted by molar-refractivity contribution is 5.51. The second-order valence-electron chi connectivity index (χ2n) is 8.62. The summed E-state index contributed by atoms with van der Waals surface area (Å²) in [5, 5.41) is 13.3. The number of benzene rings is 3. The van der Waals surface area contributed by atoms with Crippen LogP contribution >= 0.6 is 0 Å². The molecule has 1 unspecified atom stereocenters.